The van der Waals surface area contributed by atoms with E-state index in [1.165, 1.54) is 12.8 Å². The van der Waals surface area contributed by atoms with E-state index >= 15 is 0 Å². The molecule has 1 amide bonds. The van der Waals surface area contributed by atoms with E-state index in [4.69, 9.17) is 5.73 Å². The van der Waals surface area contributed by atoms with Gasteiger partial charge in [0.2, 0.25) is 5.91 Å². The summed E-state index contributed by atoms with van der Waals surface area (Å²) >= 11 is 0. The van der Waals surface area contributed by atoms with Crippen LogP contribution >= 0.6 is 0 Å². The summed E-state index contributed by atoms with van der Waals surface area (Å²) in [6.07, 6.45) is 3.72. The van der Waals surface area contributed by atoms with Crippen LogP contribution in [0.1, 0.15) is 47.0 Å². The normalized spacial score (nSPS) is 29.1. The first-order valence-electron chi connectivity index (χ1n) is 9.12. The molecule has 1 saturated heterocycles. The van der Waals surface area contributed by atoms with Gasteiger partial charge in [0.25, 0.3) is 0 Å². The maximum atomic E-state index is 12.7. The lowest BCUT2D eigenvalue weighted by Crippen LogP contribution is -2.43. The average Bonchev–Trinajstić information content (AvgIpc) is 2.80. The first-order valence-corrected chi connectivity index (χ1v) is 9.12. The highest BCUT2D eigenvalue weighted by molar-refractivity contribution is 5.78. The minimum absolute atomic E-state index is 0.301. The Morgan fingerprint density at radius 2 is 1.77 bits per heavy atom. The molecule has 1 saturated carbocycles. The van der Waals surface area contributed by atoms with Crippen LogP contribution in [-0.4, -0.2) is 54.5 Å². The second-order valence-electron chi connectivity index (χ2n) is 8.30. The van der Waals surface area contributed by atoms with Gasteiger partial charge < -0.3 is 10.6 Å². The lowest BCUT2D eigenvalue weighted by molar-refractivity contribution is -0.133. The van der Waals surface area contributed by atoms with E-state index in [-0.39, 0.29) is 0 Å². The van der Waals surface area contributed by atoms with Crippen molar-refractivity contribution in [2.45, 2.75) is 53.0 Å². The highest BCUT2D eigenvalue weighted by atomic mass is 16.2. The predicted molar refractivity (Wildman–Crippen MR) is 91.5 cm³/mol. The summed E-state index contributed by atoms with van der Waals surface area (Å²) in [6.45, 7) is 13.2. The number of nitrogens with zero attached hydrogens (tertiary/aromatic N) is 2. The summed E-state index contributed by atoms with van der Waals surface area (Å²) in [5, 5.41) is 0. The van der Waals surface area contributed by atoms with Gasteiger partial charge in [0, 0.05) is 32.2 Å². The number of amides is 1. The minimum atomic E-state index is 0.301. The van der Waals surface area contributed by atoms with Gasteiger partial charge in [-0.3, -0.25) is 9.69 Å². The van der Waals surface area contributed by atoms with Gasteiger partial charge in [-0.2, -0.15) is 0 Å². The maximum absolute atomic E-state index is 12.7. The van der Waals surface area contributed by atoms with Gasteiger partial charge in [-0.05, 0) is 36.5 Å². The molecule has 1 aliphatic carbocycles. The quantitative estimate of drug-likeness (QED) is 0.818. The van der Waals surface area contributed by atoms with Gasteiger partial charge >= 0.3 is 0 Å². The molecule has 2 rings (SSSR count). The highest BCUT2D eigenvalue weighted by Crippen LogP contribution is 2.35. The number of carbonyl (C=O) groups excluding carboxylic acids is 1. The second kappa shape index (κ2) is 7.78. The zero-order valence-electron chi connectivity index (χ0n) is 14.9. The SMILES string of the molecule is CC(C)CN(CC(C)C)C(=O)CN1CC2CCCC(N)C2C1. The van der Waals surface area contributed by atoms with E-state index < -0.39 is 0 Å². The Labute approximate surface area is 136 Å². The number of rotatable bonds is 6. The van der Waals surface area contributed by atoms with Crippen LogP contribution in [0.5, 0.6) is 0 Å². The molecule has 3 unspecified atom stereocenters. The largest absolute Gasteiger partial charge is 0.341 e. The van der Waals surface area contributed by atoms with Crippen molar-refractivity contribution < 1.29 is 4.79 Å². The lowest BCUT2D eigenvalue weighted by Gasteiger charge is -2.30. The van der Waals surface area contributed by atoms with Gasteiger partial charge in [0.1, 0.15) is 0 Å². The minimum Gasteiger partial charge on any atom is -0.341 e. The molecule has 0 aromatic rings. The highest BCUT2D eigenvalue weighted by Gasteiger charge is 2.39. The van der Waals surface area contributed by atoms with Crippen LogP contribution in [0.4, 0.5) is 0 Å². The molecule has 1 aliphatic heterocycles. The first kappa shape index (κ1) is 17.7. The number of carbonyl (C=O) groups is 1. The van der Waals surface area contributed by atoms with Crippen LogP contribution in [-0.2, 0) is 4.79 Å². The van der Waals surface area contributed by atoms with Crippen LogP contribution in [0.25, 0.3) is 0 Å². The third-order valence-electron chi connectivity index (χ3n) is 5.11. The van der Waals surface area contributed by atoms with Crippen molar-refractivity contribution in [2.24, 2.45) is 29.4 Å². The first-order chi connectivity index (χ1) is 10.4. The molecule has 0 aromatic carbocycles. The van der Waals surface area contributed by atoms with Crippen molar-refractivity contribution in [3.63, 3.8) is 0 Å². The summed E-state index contributed by atoms with van der Waals surface area (Å²) < 4.78 is 0. The standard InChI is InChI=1S/C18H35N3O/c1-13(2)8-21(9-14(3)4)18(22)12-20-10-15-6-5-7-17(19)16(15)11-20/h13-17H,5-12,19H2,1-4H3. The molecule has 2 N–H and O–H groups in total. The lowest BCUT2D eigenvalue weighted by atomic mass is 9.78. The van der Waals surface area contributed by atoms with E-state index in [0.717, 1.165) is 38.5 Å². The summed E-state index contributed by atoms with van der Waals surface area (Å²) in [5.74, 6) is 2.69. The molecule has 0 bridgehead atoms. The van der Waals surface area contributed by atoms with Gasteiger partial charge in [-0.1, -0.05) is 34.1 Å². The zero-order chi connectivity index (χ0) is 16.3. The van der Waals surface area contributed by atoms with Crippen LogP contribution in [0.15, 0.2) is 0 Å². The zero-order valence-corrected chi connectivity index (χ0v) is 14.9. The predicted octanol–water partition coefficient (Wildman–Crippen LogP) is 2.19. The Balaban J connectivity index is 1.89. The van der Waals surface area contributed by atoms with Gasteiger partial charge in [-0.25, -0.2) is 0 Å². The molecule has 3 atom stereocenters. The summed E-state index contributed by atoms with van der Waals surface area (Å²) in [5.41, 5.74) is 6.28. The Hall–Kier alpha value is -0.610. The molecule has 128 valence electrons. The van der Waals surface area contributed by atoms with Crippen LogP contribution in [0, 0.1) is 23.7 Å². The molecular weight excluding hydrogens is 274 g/mol. The van der Waals surface area contributed by atoms with Crippen molar-refractivity contribution in [3.05, 3.63) is 0 Å². The van der Waals surface area contributed by atoms with Crippen molar-refractivity contribution in [3.8, 4) is 0 Å². The van der Waals surface area contributed by atoms with Crippen LogP contribution in [0.3, 0.4) is 0 Å². The molecule has 0 radical (unpaired) electrons. The molecule has 2 aliphatic rings. The van der Waals surface area contributed by atoms with E-state index in [0.29, 0.717) is 36.2 Å². The molecule has 4 heteroatoms. The molecule has 0 spiro atoms. The average molecular weight is 309 g/mol. The van der Waals surface area contributed by atoms with E-state index in [1.54, 1.807) is 0 Å². The molecule has 22 heavy (non-hydrogen) atoms. The number of fused-ring (bicyclic) bond motifs is 1. The maximum Gasteiger partial charge on any atom is 0.236 e. The molecular formula is C18H35N3O. The van der Waals surface area contributed by atoms with Gasteiger partial charge in [0.15, 0.2) is 0 Å². The van der Waals surface area contributed by atoms with E-state index in [2.05, 4.69) is 37.5 Å². The van der Waals surface area contributed by atoms with Gasteiger partial charge in [0.05, 0.1) is 6.54 Å². The monoisotopic (exact) mass is 309 g/mol. The van der Waals surface area contributed by atoms with E-state index in [9.17, 15) is 4.79 Å². The fourth-order valence-corrected chi connectivity index (χ4v) is 4.19. The molecule has 1 heterocycles. The number of hydrogen-bond acceptors (Lipinski definition) is 3. The number of likely N-dealkylation sites (tertiary alicyclic amines) is 1. The number of nitrogens with two attached hydrogens (primary N) is 1. The second-order valence-corrected chi connectivity index (χ2v) is 8.30. The van der Waals surface area contributed by atoms with Crippen LogP contribution in [0.2, 0.25) is 0 Å². The summed E-state index contributed by atoms with van der Waals surface area (Å²) in [6, 6.07) is 0.348. The fourth-order valence-electron chi connectivity index (χ4n) is 4.19. The smallest absolute Gasteiger partial charge is 0.236 e. The Morgan fingerprint density at radius 3 is 2.32 bits per heavy atom. The van der Waals surface area contributed by atoms with Crippen molar-refractivity contribution in [2.75, 3.05) is 32.7 Å². The molecule has 0 aromatic heterocycles. The van der Waals surface area contributed by atoms with Crippen molar-refractivity contribution in [1.29, 1.82) is 0 Å². The Morgan fingerprint density at radius 1 is 1.14 bits per heavy atom. The summed E-state index contributed by atoms with van der Waals surface area (Å²) in [7, 11) is 0. The Kier molecular flexibility index (Phi) is 6.27. The third kappa shape index (κ3) is 4.69. The van der Waals surface area contributed by atoms with Crippen molar-refractivity contribution in [1.82, 2.24) is 9.80 Å². The number of hydrogen-bond donors (Lipinski definition) is 1. The fraction of sp³-hybridized carbons (Fsp3) is 0.944. The molecule has 4 nitrogen and oxygen atoms in total. The Bertz CT molecular complexity index is 359. The topological polar surface area (TPSA) is 49.6 Å². The van der Waals surface area contributed by atoms with Crippen LogP contribution < -0.4 is 5.73 Å². The molecule has 2 fully saturated rings. The summed E-state index contributed by atoms with van der Waals surface area (Å²) in [4.78, 5) is 17.1. The van der Waals surface area contributed by atoms with Gasteiger partial charge in [-0.15, -0.1) is 0 Å². The van der Waals surface area contributed by atoms with Crippen molar-refractivity contribution >= 4 is 5.91 Å². The third-order valence-corrected chi connectivity index (χ3v) is 5.11. The van der Waals surface area contributed by atoms with E-state index in [1.807, 2.05) is 0 Å².